The largest absolute Gasteiger partial charge is 0.417 e. The fourth-order valence-corrected chi connectivity index (χ4v) is 4.48. The first-order valence-electron chi connectivity index (χ1n) is 10.8. The molecule has 2 aliphatic rings. The summed E-state index contributed by atoms with van der Waals surface area (Å²) in [4.78, 5) is 29.0. The first kappa shape index (κ1) is 21.9. The Labute approximate surface area is 193 Å². The molecule has 1 unspecified atom stereocenters. The van der Waals surface area contributed by atoms with Gasteiger partial charge in [-0.1, -0.05) is 30.3 Å². The number of aromatic nitrogens is 2. The Morgan fingerprint density at radius 2 is 1.71 bits per heavy atom. The van der Waals surface area contributed by atoms with E-state index in [1.165, 1.54) is 23.1 Å². The topological polar surface area (TPSA) is 78.4 Å². The van der Waals surface area contributed by atoms with Crippen molar-refractivity contribution in [2.24, 2.45) is 0 Å². The standard InChI is InChI=1S/C24H20F3N5O2/c25-24(26,27)19-9-5-4-8-18(19)23(34)31-10-11-32-17(14-31)12-15-13-20(29-30-21(15)32)22(33)28-16-6-2-1-3-7-16/h1-9,13,17H,10-12,14H2,(H,28,33). The highest BCUT2D eigenvalue weighted by atomic mass is 19.4. The third-order valence-electron chi connectivity index (χ3n) is 6.08. The lowest BCUT2D eigenvalue weighted by Gasteiger charge is -2.38. The Balaban J connectivity index is 1.31. The highest BCUT2D eigenvalue weighted by Crippen LogP contribution is 2.35. The zero-order valence-electron chi connectivity index (χ0n) is 17.9. The van der Waals surface area contributed by atoms with Gasteiger partial charge < -0.3 is 15.1 Å². The number of alkyl halides is 3. The van der Waals surface area contributed by atoms with E-state index in [0.717, 1.165) is 11.6 Å². The summed E-state index contributed by atoms with van der Waals surface area (Å²) in [6, 6.07) is 15.4. The molecular weight excluding hydrogens is 447 g/mol. The Kier molecular flexibility index (Phi) is 5.43. The van der Waals surface area contributed by atoms with Gasteiger partial charge in [-0.25, -0.2) is 0 Å². The molecule has 0 saturated carbocycles. The zero-order chi connectivity index (χ0) is 23.9. The van der Waals surface area contributed by atoms with Crippen molar-refractivity contribution in [3.8, 4) is 0 Å². The molecule has 7 nitrogen and oxygen atoms in total. The van der Waals surface area contributed by atoms with Crippen molar-refractivity contribution >= 4 is 23.3 Å². The number of para-hydroxylation sites is 1. The van der Waals surface area contributed by atoms with Gasteiger partial charge in [-0.2, -0.15) is 13.2 Å². The number of benzene rings is 2. The lowest BCUT2D eigenvalue weighted by molar-refractivity contribution is -0.138. The van der Waals surface area contributed by atoms with Gasteiger partial charge in [0.25, 0.3) is 11.8 Å². The van der Waals surface area contributed by atoms with Crippen molar-refractivity contribution < 1.29 is 22.8 Å². The monoisotopic (exact) mass is 467 g/mol. The summed E-state index contributed by atoms with van der Waals surface area (Å²) in [6.07, 6.45) is -4.09. The summed E-state index contributed by atoms with van der Waals surface area (Å²) in [5.74, 6) is -0.381. The van der Waals surface area contributed by atoms with Gasteiger partial charge in [0.15, 0.2) is 11.5 Å². The second-order valence-corrected chi connectivity index (χ2v) is 8.24. The lowest BCUT2D eigenvalue weighted by Crippen LogP contribution is -2.54. The van der Waals surface area contributed by atoms with E-state index in [9.17, 15) is 22.8 Å². The summed E-state index contributed by atoms with van der Waals surface area (Å²) in [6.45, 7) is 0.938. The molecule has 0 bridgehead atoms. The molecular formula is C24H20F3N5O2. The van der Waals surface area contributed by atoms with E-state index in [2.05, 4.69) is 15.5 Å². The summed E-state index contributed by atoms with van der Waals surface area (Å²) in [5, 5.41) is 11.1. The van der Waals surface area contributed by atoms with Gasteiger partial charge in [-0.3, -0.25) is 9.59 Å². The van der Waals surface area contributed by atoms with Crippen LogP contribution in [-0.4, -0.2) is 52.6 Å². The van der Waals surface area contributed by atoms with E-state index >= 15 is 0 Å². The molecule has 1 aromatic heterocycles. The highest BCUT2D eigenvalue weighted by molar-refractivity contribution is 6.03. The lowest BCUT2D eigenvalue weighted by atomic mass is 10.0. The Hall–Kier alpha value is -3.95. The van der Waals surface area contributed by atoms with Gasteiger partial charge in [-0.05, 0) is 36.8 Å². The minimum atomic E-state index is -4.61. The number of fused-ring (bicyclic) bond motifs is 3. The maximum atomic E-state index is 13.4. The molecule has 2 aromatic carbocycles. The van der Waals surface area contributed by atoms with Crippen molar-refractivity contribution in [3.63, 3.8) is 0 Å². The Morgan fingerprint density at radius 3 is 2.47 bits per heavy atom. The molecule has 1 saturated heterocycles. The van der Waals surface area contributed by atoms with Crippen molar-refractivity contribution in [2.75, 3.05) is 29.9 Å². The van der Waals surface area contributed by atoms with Gasteiger partial charge in [0.2, 0.25) is 0 Å². The molecule has 5 rings (SSSR count). The van der Waals surface area contributed by atoms with Gasteiger partial charge >= 0.3 is 6.18 Å². The molecule has 10 heteroatoms. The fourth-order valence-electron chi connectivity index (χ4n) is 4.48. The maximum absolute atomic E-state index is 13.4. The van der Waals surface area contributed by atoms with E-state index in [4.69, 9.17) is 0 Å². The van der Waals surface area contributed by atoms with Crippen LogP contribution in [0.1, 0.15) is 32.0 Å². The number of amides is 2. The Bertz CT molecular complexity index is 1250. The van der Waals surface area contributed by atoms with E-state index < -0.39 is 17.6 Å². The minimum absolute atomic E-state index is 0.146. The maximum Gasteiger partial charge on any atom is 0.417 e. The van der Waals surface area contributed by atoms with Crippen LogP contribution in [0.5, 0.6) is 0 Å². The van der Waals surface area contributed by atoms with Gasteiger partial charge in [-0.15, -0.1) is 10.2 Å². The van der Waals surface area contributed by atoms with Crippen LogP contribution >= 0.6 is 0 Å². The molecule has 1 fully saturated rings. The molecule has 3 heterocycles. The van der Waals surface area contributed by atoms with E-state index in [1.807, 2.05) is 23.1 Å². The average Bonchev–Trinajstić information content (AvgIpc) is 3.20. The number of nitrogens with one attached hydrogen (secondary N) is 1. The van der Waals surface area contributed by atoms with Crippen molar-refractivity contribution in [1.82, 2.24) is 15.1 Å². The predicted molar refractivity (Wildman–Crippen MR) is 119 cm³/mol. The highest BCUT2D eigenvalue weighted by Gasteiger charge is 2.40. The number of anilines is 2. The molecule has 0 spiro atoms. The van der Waals surface area contributed by atoms with Crippen LogP contribution in [0, 0.1) is 0 Å². The van der Waals surface area contributed by atoms with E-state index in [0.29, 0.717) is 24.5 Å². The summed E-state index contributed by atoms with van der Waals surface area (Å²) in [7, 11) is 0. The van der Waals surface area contributed by atoms with Crippen molar-refractivity contribution in [2.45, 2.75) is 18.6 Å². The average molecular weight is 467 g/mol. The quantitative estimate of drug-likeness (QED) is 0.637. The van der Waals surface area contributed by atoms with Crippen molar-refractivity contribution in [1.29, 1.82) is 0 Å². The number of nitrogens with zero attached hydrogens (tertiary/aromatic N) is 4. The molecule has 0 aliphatic carbocycles. The normalized spacial score (nSPS) is 17.2. The number of halogens is 3. The number of carbonyl (C=O) groups is 2. The van der Waals surface area contributed by atoms with Crippen LogP contribution in [0.25, 0.3) is 0 Å². The number of hydrogen-bond acceptors (Lipinski definition) is 5. The number of carbonyl (C=O) groups excluding carboxylic acids is 2. The number of piperazine rings is 1. The van der Waals surface area contributed by atoms with E-state index in [1.54, 1.807) is 18.2 Å². The molecule has 3 aromatic rings. The predicted octanol–water partition coefficient (Wildman–Crippen LogP) is 3.63. The van der Waals surface area contributed by atoms with Crippen molar-refractivity contribution in [3.05, 3.63) is 83.0 Å². The van der Waals surface area contributed by atoms with Gasteiger partial charge in [0.1, 0.15) is 0 Å². The molecule has 1 atom stereocenters. The minimum Gasteiger partial charge on any atom is -0.348 e. The first-order chi connectivity index (χ1) is 16.3. The SMILES string of the molecule is O=C(Nc1ccccc1)c1cc2c(nn1)N1CCN(C(=O)c3ccccc3C(F)(F)F)CC1C2. The second kappa shape index (κ2) is 8.44. The third kappa shape index (κ3) is 4.07. The molecule has 0 radical (unpaired) electrons. The first-order valence-corrected chi connectivity index (χ1v) is 10.8. The van der Waals surface area contributed by atoms with Crippen LogP contribution < -0.4 is 10.2 Å². The van der Waals surface area contributed by atoms with Gasteiger partial charge in [0.05, 0.1) is 17.2 Å². The summed E-state index contributed by atoms with van der Waals surface area (Å²) >= 11 is 0. The molecule has 2 aliphatic heterocycles. The smallest absolute Gasteiger partial charge is 0.348 e. The Morgan fingerprint density at radius 1 is 0.971 bits per heavy atom. The van der Waals surface area contributed by atoms with Crippen LogP contribution in [0.3, 0.4) is 0 Å². The molecule has 34 heavy (non-hydrogen) atoms. The van der Waals surface area contributed by atoms with Crippen LogP contribution in [-0.2, 0) is 12.6 Å². The molecule has 174 valence electrons. The van der Waals surface area contributed by atoms with Crippen LogP contribution in [0.15, 0.2) is 60.7 Å². The van der Waals surface area contributed by atoms with Gasteiger partial charge in [0, 0.05) is 30.9 Å². The number of rotatable bonds is 3. The summed E-state index contributed by atoms with van der Waals surface area (Å²) < 4.78 is 40.2. The number of hydrogen-bond donors (Lipinski definition) is 1. The summed E-state index contributed by atoms with van der Waals surface area (Å²) in [5.41, 5.74) is 0.355. The van der Waals surface area contributed by atoms with E-state index in [-0.39, 0.29) is 36.3 Å². The zero-order valence-corrected chi connectivity index (χ0v) is 17.9. The van der Waals surface area contributed by atoms with Crippen LogP contribution in [0.4, 0.5) is 24.7 Å². The van der Waals surface area contributed by atoms with Crippen LogP contribution in [0.2, 0.25) is 0 Å². The molecule has 1 N–H and O–H groups in total. The third-order valence-corrected chi connectivity index (χ3v) is 6.08. The molecule has 2 amide bonds. The fraction of sp³-hybridized carbons (Fsp3) is 0.250. The second-order valence-electron chi connectivity index (χ2n) is 8.24.